The number of benzene rings is 4. The molecule has 0 aliphatic rings. The van der Waals surface area contributed by atoms with Crippen LogP contribution in [0.5, 0.6) is 0 Å². The van der Waals surface area contributed by atoms with Gasteiger partial charge < -0.3 is 11.6 Å². The van der Waals surface area contributed by atoms with Gasteiger partial charge in [-0.3, -0.25) is 0 Å². The molecule has 0 fully saturated rings. The second-order valence-electron chi connectivity index (χ2n) is 20.1. The van der Waals surface area contributed by atoms with Crippen LogP contribution < -0.4 is 11.3 Å². The highest BCUT2D eigenvalue weighted by Crippen LogP contribution is 2.37. The zero-order valence-corrected chi connectivity index (χ0v) is 46.4. The molecule has 0 saturated carbocycles. The van der Waals surface area contributed by atoms with E-state index in [1.807, 2.05) is 68.6 Å². The number of thioether (sulfide) groups is 1. The SMILES string of the molecule is C.CSc1c(F)cc(C(C)(C)C)c(C)c1C.Cc1c(C(C)(C)C)cc(F)c(S(=O)(=O)Cl)c1C.Cc1c(C(C)(C)C)cc(F)c(S(N)(=O)=O)c1C.Cc1c(C(C)(C)C)cc(F)c(S)c1C.N.O. The van der Waals surface area contributed by atoms with Gasteiger partial charge in [-0.25, -0.2) is 39.5 Å². The molecule has 4 aromatic rings. The minimum absolute atomic E-state index is 0. The summed E-state index contributed by atoms with van der Waals surface area (Å²) < 4.78 is 100. The van der Waals surface area contributed by atoms with Gasteiger partial charge in [0.15, 0.2) is 0 Å². The lowest BCUT2D eigenvalue weighted by atomic mass is 9.82. The molecule has 0 aliphatic carbocycles. The standard InChI is InChI=1S/C13H19FS.C12H16ClFO2S.C12H18FNO2S.C12H17FS.CH4.H3N.H2O/c1-8-9(2)12(15-6)11(14)7-10(8)13(3,4)5;1-7-8(2)11(17(13,15)16)10(14)6-9(7)12(3,4)5;1-7-8(2)11(17(14,15)16)10(13)6-9(7)12(3,4)5;1-7-8(2)11(14)10(13)6-9(7)12(3,4)5;;;/h7H,1-6H3;6H,1-5H3;6H,1-5H3,(H2,14,15,16);6,14H,1-5H3;1H4;1H3;1H2. The summed E-state index contributed by atoms with van der Waals surface area (Å²) >= 11 is 5.63. The Hall–Kier alpha value is -2.63. The summed E-state index contributed by atoms with van der Waals surface area (Å²) in [5.41, 5.74) is 9.92. The van der Waals surface area contributed by atoms with Gasteiger partial charge in [-0.05, 0) is 174 Å². The molecular formula is C50H79ClF4N2O5S4. The normalized spacial score (nSPS) is 11.9. The molecule has 4 aromatic carbocycles. The Kier molecular flexibility index (Phi) is 24.9. The highest BCUT2D eigenvalue weighted by atomic mass is 35.7. The number of nitrogens with two attached hydrogens (primary N) is 1. The van der Waals surface area contributed by atoms with Crippen molar-refractivity contribution in [1.29, 1.82) is 0 Å². The van der Waals surface area contributed by atoms with Gasteiger partial charge in [0.2, 0.25) is 10.0 Å². The van der Waals surface area contributed by atoms with E-state index >= 15 is 0 Å². The Balaban J connectivity index is -0.000000792. The van der Waals surface area contributed by atoms with Crippen LogP contribution in [0, 0.1) is 78.7 Å². The highest BCUT2D eigenvalue weighted by Gasteiger charge is 2.28. The van der Waals surface area contributed by atoms with Crippen molar-refractivity contribution in [2.24, 2.45) is 5.14 Å². The summed E-state index contributed by atoms with van der Waals surface area (Å²) in [7, 11) is -2.84. The Morgan fingerprint density at radius 1 is 0.500 bits per heavy atom. The van der Waals surface area contributed by atoms with Crippen molar-refractivity contribution in [2.75, 3.05) is 6.26 Å². The molecule has 0 unspecified atom stereocenters. The lowest BCUT2D eigenvalue weighted by molar-refractivity contribution is 0.543. The maximum absolute atomic E-state index is 13.9. The van der Waals surface area contributed by atoms with E-state index in [-0.39, 0.29) is 52.3 Å². The van der Waals surface area contributed by atoms with E-state index in [9.17, 15) is 34.4 Å². The molecule has 0 aromatic heterocycles. The number of primary sulfonamides is 1. The number of rotatable bonds is 3. The minimum Gasteiger partial charge on any atom is -0.412 e. The fourth-order valence-electron chi connectivity index (χ4n) is 7.43. The summed E-state index contributed by atoms with van der Waals surface area (Å²) in [4.78, 5) is 0.434. The molecule has 7 nitrogen and oxygen atoms in total. The van der Waals surface area contributed by atoms with Crippen LogP contribution in [0.3, 0.4) is 0 Å². The molecule has 0 amide bonds. The average Bonchev–Trinajstić information content (AvgIpc) is 3.08. The monoisotopic (exact) mass is 1030 g/mol. The van der Waals surface area contributed by atoms with Gasteiger partial charge in [0.05, 0.1) is 0 Å². The third-order valence-electron chi connectivity index (χ3n) is 11.2. The largest absolute Gasteiger partial charge is 0.412 e. The summed E-state index contributed by atoms with van der Waals surface area (Å²) in [6.07, 6.45) is 1.92. The number of hydrogen-bond donors (Lipinski definition) is 3. The summed E-state index contributed by atoms with van der Waals surface area (Å²) in [5.74, 6) is -1.87. The third kappa shape index (κ3) is 16.8. The second kappa shape index (κ2) is 24.3. The van der Waals surface area contributed by atoms with E-state index in [1.54, 1.807) is 39.8 Å². The second-order valence-corrected chi connectivity index (χ2v) is 25.4. The fraction of sp³-hybridized carbons (Fsp3) is 0.520. The number of hydrogen-bond acceptors (Lipinski definition) is 7. The predicted molar refractivity (Wildman–Crippen MR) is 277 cm³/mol. The summed E-state index contributed by atoms with van der Waals surface area (Å²) in [5, 5.41) is 5.02. The van der Waals surface area contributed by atoms with Crippen molar-refractivity contribution >= 4 is 54.1 Å². The Morgan fingerprint density at radius 3 is 1.05 bits per heavy atom. The van der Waals surface area contributed by atoms with Gasteiger partial charge >= 0.3 is 0 Å². The van der Waals surface area contributed by atoms with Crippen molar-refractivity contribution in [2.45, 2.75) is 187 Å². The van der Waals surface area contributed by atoms with Crippen LogP contribution in [0.15, 0.2) is 43.8 Å². The molecule has 66 heavy (non-hydrogen) atoms. The molecule has 0 aliphatic heterocycles. The van der Waals surface area contributed by atoms with Gasteiger partial charge in [-0.1, -0.05) is 90.5 Å². The van der Waals surface area contributed by atoms with Gasteiger partial charge in [-0.2, -0.15) is 0 Å². The molecule has 0 radical (unpaired) electrons. The molecule has 0 atom stereocenters. The quantitative estimate of drug-likeness (QED) is 0.0801. The number of thiol groups is 1. The molecule has 0 saturated heterocycles. The van der Waals surface area contributed by atoms with Crippen LogP contribution in [-0.4, -0.2) is 28.6 Å². The minimum atomic E-state index is -4.05. The first-order valence-electron chi connectivity index (χ1n) is 20.4. The van der Waals surface area contributed by atoms with Crippen LogP contribution in [-0.2, 0) is 40.7 Å². The molecule has 16 heteroatoms. The van der Waals surface area contributed by atoms with Crippen molar-refractivity contribution < 1.29 is 39.9 Å². The Bertz CT molecular complexity index is 2470. The van der Waals surface area contributed by atoms with Crippen molar-refractivity contribution in [3.8, 4) is 0 Å². The maximum Gasteiger partial charge on any atom is 0.264 e. The smallest absolute Gasteiger partial charge is 0.264 e. The van der Waals surface area contributed by atoms with Gasteiger partial charge in [-0.15, -0.1) is 24.4 Å². The topological polar surface area (TPSA) is 161 Å². The van der Waals surface area contributed by atoms with Crippen molar-refractivity contribution in [3.05, 3.63) is 114 Å². The van der Waals surface area contributed by atoms with E-state index in [1.165, 1.54) is 29.5 Å². The molecule has 4 rings (SSSR count). The van der Waals surface area contributed by atoms with Crippen molar-refractivity contribution in [1.82, 2.24) is 6.15 Å². The predicted octanol–water partition coefficient (Wildman–Crippen LogP) is 14.5. The molecular weight excluding hydrogens is 948 g/mol. The maximum atomic E-state index is 13.9. The summed E-state index contributed by atoms with van der Waals surface area (Å²) in [6.45, 7) is 39.0. The van der Waals surface area contributed by atoms with E-state index in [4.69, 9.17) is 15.8 Å². The van der Waals surface area contributed by atoms with Crippen LogP contribution in [0.4, 0.5) is 17.6 Å². The first-order chi connectivity index (χ1) is 28.0. The third-order valence-corrected chi connectivity index (χ3v) is 15.1. The first-order valence-corrected chi connectivity index (χ1v) is 25.9. The zero-order chi connectivity index (χ0) is 50.1. The van der Waals surface area contributed by atoms with Crippen LogP contribution in [0.1, 0.15) is 157 Å². The van der Waals surface area contributed by atoms with Gasteiger partial charge in [0.1, 0.15) is 33.1 Å². The average molecular weight is 1030 g/mol. The van der Waals surface area contributed by atoms with Crippen molar-refractivity contribution in [3.63, 3.8) is 0 Å². The molecule has 0 spiro atoms. The van der Waals surface area contributed by atoms with E-state index in [2.05, 4.69) is 61.1 Å². The van der Waals surface area contributed by atoms with Crippen LogP contribution in [0.2, 0.25) is 0 Å². The van der Waals surface area contributed by atoms with E-state index < -0.39 is 40.5 Å². The van der Waals surface area contributed by atoms with Gasteiger partial charge in [0, 0.05) is 20.5 Å². The molecule has 0 heterocycles. The molecule has 7 N–H and O–H groups in total. The Morgan fingerprint density at radius 2 is 0.758 bits per heavy atom. The van der Waals surface area contributed by atoms with Gasteiger partial charge in [0.25, 0.3) is 9.05 Å². The fourth-order valence-corrected chi connectivity index (χ4v) is 10.7. The van der Waals surface area contributed by atoms with E-state index in [0.717, 1.165) is 55.0 Å². The number of sulfonamides is 1. The van der Waals surface area contributed by atoms with E-state index in [0.29, 0.717) is 16.0 Å². The molecule has 378 valence electrons. The first kappa shape index (κ1) is 67.6. The molecule has 0 bridgehead atoms. The van der Waals surface area contributed by atoms with Crippen LogP contribution in [0.25, 0.3) is 0 Å². The lowest BCUT2D eigenvalue weighted by Gasteiger charge is -2.24. The highest BCUT2D eigenvalue weighted by molar-refractivity contribution is 8.13. The zero-order valence-electron chi connectivity index (χ0n) is 42.3. The number of halogens is 5. The Labute approximate surface area is 410 Å². The summed E-state index contributed by atoms with van der Waals surface area (Å²) in [6, 6.07) is 5.82. The van der Waals surface area contributed by atoms with Crippen LogP contribution >= 0.6 is 35.1 Å². The lowest BCUT2D eigenvalue weighted by Crippen LogP contribution is -2.20.